The number of H-pyrrole nitrogens is 1. The molecule has 6 bridgehead atoms. The van der Waals surface area contributed by atoms with Crippen LogP contribution < -0.4 is 9.64 Å². The van der Waals surface area contributed by atoms with Crippen molar-refractivity contribution in [1.29, 1.82) is 0 Å². The molecule has 3 aromatic heterocycles. The van der Waals surface area contributed by atoms with E-state index in [1.807, 2.05) is 4.90 Å². The summed E-state index contributed by atoms with van der Waals surface area (Å²) in [4.78, 5) is 31.0. The van der Waals surface area contributed by atoms with Crippen LogP contribution in [0.3, 0.4) is 0 Å². The molecule has 0 unspecified atom stereocenters. The minimum atomic E-state index is -0.785. The van der Waals surface area contributed by atoms with Crippen LogP contribution in [0.1, 0.15) is 31.2 Å². The molecule has 4 aromatic rings. The molecular weight excluding hydrogens is 605 g/mol. The first kappa shape index (κ1) is 28.3. The number of nitrogens with one attached hydrogen (secondary N) is 1. The Morgan fingerprint density at radius 2 is 2.11 bits per heavy atom. The van der Waals surface area contributed by atoms with E-state index in [1.165, 1.54) is 0 Å². The van der Waals surface area contributed by atoms with Crippen molar-refractivity contribution in [1.82, 2.24) is 30.0 Å². The van der Waals surface area contributed by atoms with Crippen LogP contribution in [0, 0.1) is 5.82 Å². The Labute approximate surface area is 262 Å². The number of pyridine rings is 1. The molecule has 0 spiro atoms. The first-order valence-electron chi connectivity index (χ1n) is 15.2. The van der Waals surface area contributed by atoms with Gasteiger partial charge in [0.2, 0.25) is 0 Å². The molecule has 0 amide bonds. The smallest absolute Gasteiger partial charge is 0.461 e. The lowest BCUT2D eigenvalue weighted by Gasteiger charge is -2.32. The topological polar surface area (TPSA) is 128 Å². The number of ether oxygens (including phenoxy) is 4. The van der Waals surface area contributed by atoms with Crippen molar-refractivity contribution >= 4 is 45.4 Å². The number of nitrogens with zero attached hydrogens (tertiary/aromatic N) is 6. The molecule has 45 heavy (non-hydrogen) atoms. The molecule has 1 aromatic carbocycles. The molecule has 0 aliphatic carbocycles. The molecule has 9 rings (SSSR count). The molecule has 5 aliphatic rings. The number of hydrogen-bond donors (Lipinski definition) is 1. The van der Waals surface area contributed by atoms with Gasteiger partial charge in [0, 0.05) is 35.3 Å². The van der Waals surface area contributed by atoms with Crippen molar-refractivity contribution in [3.63, 3.8) is 0 Å². The second-order valence-corrected chi connectivity index (χ2v) is 12.3. The lowest BCUT2D eigenvalue weighted by molar-refractivity contribution is -0.00448. The van der Waals surface area contributed by atoms with Gasteiger partial charge in [-0.15, -0.1) is 0 Å². The van der Waals surface area contributed by atoms with Crippen molar-refractivity contribution < 1.29 is 28.1 Å². The van der Waals surface area contributed by atoms with Gasteiger partial charge in [-0.3, -0.25) is 10.1 Å². The van der Waals surface area contributed by atoms with Gasteiger partial charge in [0.1, 0.15) is 29.7 Å². The highest BCUT2D eigenvalue weighted by Crippen LogP contribution is 2.41. The molecule has 14 heteroatoms. The number of carbonyl (C=O) groups excluding carboxylic acids is 1. The van der Waals surface area contributed by atoms with Crippen LogP contribution in [0.25, 0.3) is 33.1 Å². The summed E-state index contributed by atoms with van der Waals surface area (Å²) in [6.45, 7) is 2.61. The summed E-state index contributed by atoms with van der Waals surface area (Å²) >= 11 is 6.76. The standard InChI is InChI=1S/C31H31ClFN7O5/c32-22-12-23-20(14-35-38-23)24-19(22)4-1-10-43-30(41)45-18-15-39(9-11-42-16-18)28-21-13-34-27(24)25(33)26(21)36-29(37-28)44-17-31-5-2-7-40(31)8-3-6-31/h2,7,12-14,18H,1,3-6,8-11,15-17H2,(H,35,38)/t18-,31+/m0/s1. The lowest BCUT2D eigenvalue weighted by atomic mass is 9.95. The van der Waals surface area contributed by atoms with Gasteiger partial charge in [-0.1, -0.05) is 17.7 Å². The summed E-state index contributed by atoms with van der Waals surface area (Å²) in [5.41, 5.74) is 1.80. The number of anilines is 1. The van der Waals surface area contributed by atoms with Crippen molar-refractivity contribution in [2.75, 3.05) is 51.0 Å². The van der Waals surface area contributed by atoms with Gasteiger partial charge in [-0.05, 0) is 49.9 Å². The summed E-state index contributed by atoms with van der Waals surface area (Å²) in [6.07, 6.45) is 9.80. The normalized spacial score (nSPS) is 23.3. The van der Waals surface area contributed by atoms with Crippen molar-refractivity contribution in [2.24, 2.45) is 0 Å². The van der Waals surface area contributed by atoms with Crippen LogP contribution >= 0.6 is 11.6 Å². The van der Waals surface area contributed by atoms with Gasteiger partial charge < -0.3 is 28.7 Å². The minimum Gasteiger partial charge on any atom is -0.461 e. The highest BCUT2D eigenvalue weighted by Gasteiger charge is 2.42. The molecule has 2 fully saturated rings. The first-order valence-corrected chi connectivity index (χ1v) is 15.6. The Morgan fingerprint density at radius 1 is 1.18 bits per heavy atom. The zero-order valence-corrected chi connectivity index (χ0v) is 25.2. The second-order valence-electron chi connectivity index (χ2n) is 11.9. The predicted molar refractivity (Wildman–Crippen MR) is 163 cm³/mol. The molecule has 2 atom stereocenters. The van der Waals surface area contributed by atoms with Gasteiger partial charge in [-0.2, -0.15) is 15.1 Å². The average Bonchev–Trinajstić information content (AvgIpc) is 3.71. The van der Waals surface area contributed by atoms with Crippen molar-refractivity contribution in [3.05, 3.63) is 47.1 Å². The zero-order chi connectivity index (χ0) is 30.5. The number of carbonyl (C=O) groups is 1. The van der Waals surface area contributed by atoms with E-state index in [-0.39, 0.29) is 42.5 Å². The predicted octanol–water partition coefficient (Wildman–Crippen LogP) is 4.80. The van der Waals surface area contributed by atoms with E-state index in [1.54, 1.807) is 18.5 Å². The fourth-order valence-electron chi connectivity index (χ4n) is 6.96. The molecule has 8 heterocycles. The van der Waals surface area contributed by atoms with Gasteiger partial charge in [0.25, 0.3) is 0 Å². The lowest BCUT2D eigenvalue weighted by Crippen LogP contribution is -2.42. The van der Waals surface area contributed by atoms with Crippen LogP contribution in [0.2, 0.25) is 5.02 Å². The highest BCUT2D eigenvalue weighted by atomic mass is 35.5. The molecule has 0 saturated carbocycles. The molecule has 5 aliphatic heterocycles. The Morgan fingerprint density at radius 3 is 3.04 bits per heavy atom. The van der Waals surface area contributed by atoms with Crippen LogP contribution in [0.4, 0.5) is 15.0 Å². The number of rotatable bonds is 3. The third-order valence-electron chi connectivity index (χ3n) is 9.17. The van der Waals surface area contributed by atoms with E-state index >= 15 is 4.39 Å². The SMILES string of the molecule is O=C1OCCCc2c(Cl)cc3[nH]ncc3c2-c2ncc3c(nc(OC[C@]45CC=CN4CCC5)nc3c2F)N2CCOC[C@H](C2)O1. The summed E-state index contributed by atoms with van der Waals surface area (Å²) in [5.74, 6) is -0.204. The summed E-state index contributed by atoms with van der Waals surface area (Å²) in [6, 6.07) is 1.81. The maximum atomic E-state index is 17.0. The Balaban J connectivity index is 1.30. The Hall–Kier alpha value is -4.23. The molecule has 12 nitrogen and oxygen atoms in total. The van der Waals surface area contributed by atoms with Crippen molar-refractivity contribution in [3.8, 4) is 17.3 Å². The van der Waals surface area contributed by atoms with Gasteiger partial charge in [-0.25, -0.2) is 9.18 Å². The zero-order valence-electron chi connectivity index (χ0n) is 24.4. The van der Waals surface area contributed by atoms with Gasteiger partial charge in [0.15, 0.2) is 5.82 Å². The number of fused-ring (bicyclic) bond motifs is 8. The monoisotopic (exact) mass is 635 g/mol. The van der Waals surface area contributed by atoms with Crippen LogP contribution in [0.15, 0.2) is 30.7 Å². The fraction of sp³-hybridized carbons (Fsp3) is 0.452. The third-order valence-corrected chi connectivity index (χ3v) is 9.51. The molecule has 0 radical (unpaired) electrons. The number of aromatic nitrogens is 5. The Kier molecular flexibility index (Phi) is 7.09. The summed E-state index contributed by atoms with van der Waals surface area (Å²) in [5, 5.41) is 8.58. The van der Waals surface area contributed by atoms with Crippen LogP contribution in [0.5, 0.6) is 6.01 Å². The largest absolute Gasteiger partial charge is 0.508 e. The number of benzene rings is 1. The molecule has 1 N–H and O–H groups in total. The van der Waals surface area contributed by atoms with Crippen LogP contribution in [-0.2, 0) is 20.6 Å². The van der Waals surface area contributed by atoms with Crippen molar-refractivity contribution in [2.45, 2.75) is 43.7 Å². The van der Waals surface area contributed by atoms with Gasteiger partial charge in [0.05, 0.1) is 49.0 Å². The quantitative estimate of drug-likeness (QED) is 0.312. The van der Waals surface area contributed by atoms with Crippen LogP contribution in [-0.4, -0.2) is 93.9 Å². The molecule has 234 valence electrons. The molecule has 2 saturated heterocycles. The van der Waals surface area contributed by atoms with E-state index in [0.29, 0.717) is 70.9 Å². The average molecular weight is 636 g/mol. The van der Waals surface area contributed by atoms with E-state index in [4.69, 9.17) is 35.5 Å². The maximum absolute atomic E-state index is 17.0. The minimum absolute atomic E-state index is 0.0598. The fourth-order valence-corrected chi connectivity index (χ4v) is 7.26. The van der Waals surface area contributed by atoms with E-state index in [2.05, 4.69) is 37.3 Å². The summed E-state index contributed by atoms with van der Waals surface area (Å²) in [7, 11) is 0. The van der Waals surface area contributed by atoms with Gasteiger partial charge >= 0.3 is 12.2 Å². The van der Waals surface area contributed by atoms with E-state index in [0.717, 1.165) is 25.8 Å². The van der Waals surface area contributed by atoms with E-state index in [9.17, 15) is 4.79 Å². The second kappa shape index (κ2) is 11.3. The summed E-state index contributed by atoms with van der Waals surface area (Å²) < 4.78 is 40.1. The maximum Gasteiger partial charge on any atom is 0.508 e. The number of halogens is 2. The number of hydrogen-bond acceptors (Lipinski definition) is 11. The van der Waals surface area contributed by atoms with E-state index < -0.39 is 18.1 Å². The third kappa shape index (κ3) is 4.98. The Bertz CT molecular complexity index is 1840. The molecular formula is C31H31ClFN7O5. The number of aromatic amines is 1. The highest BCUT2D eigenvalue weighted by molar-refractivity contribution is 6.33. The first-order chi connectivity index (χ1) is 22.0.